The van der Waals surface area contributed by atoms with Crippen LogP contribution in [0.5, 0.6) is 0 Å². The Morgan fingerprint density at radius 1 is 1.35 bits per heavy atom. The lowest BCUT2D eigenvalue weighted by Crippen LogP contribution is -2.23. The summed E-state index contributed by atoms with van der Waals surface area (Å²) in [5.41, 5.74) is 11.5. The summed E-state index contributed by atoms with van der Waals surface area (Å²) in [6, 6.07) is 8.90. The number of thiocarbonyl (C=S) groups is 1. The van der Waals surface area contributed by atoms with Gasteiger partial charge in [0.2, 0.25) is 5.95 Å². The molecule has 0 saturated heterocycles. The maximum Gasteiger partial charge on any atom is 0.212 e. The van der Waals surface area contributed by atoms with Gasteiger partial charge in [-0.15, -0.1) is 0 Å². The Morgan fingerprint density at radius 3 is 2.80 bits per heavy atom. The Labute approximate surface area is 121 Å². The molecule has 6 heteroatoms. The van der Waals surface area contributed by atoms with Crippen LogP contribution in [0.4, 0.5) is 4.39 Å². The van der Waals surface area contributed by atoms with Gasteiger partial charge in [0.05, 0.1) is 6.21 Å². The van der Waals surface area contributed by atoms with Crippen molar-refractivity contribution in [1.29, 1.82) is 0 Å². The molecule has 0 atom stereocenters. The number of aromatic nitrogens is 1. The van der Waals surface area contributed by atoms with Gasteiger partial charge in [0, 0.05) is 11.8 Å². The first-order chi connectivity index (χ1) is 9.54. The molecule has 0 aliphatic carbocycles. The van der Waals surface area contributed by atoms with Crippen LogP contribution in [-0.2, 0) is 0 Å². The molecule has 0 fully saturated rings. The highest BCUT2D eigenvalue weighted by Crippen LogP contribution is 2.21. The topological polar surface area (TPSA) is 63.3 Å². The molecule has 1 heterocycles. The zero-order chi connectivity index (χ0) is 14.5. The second-order valence-electron chi connectivity index (χ2n) is 4.24. The average Bonchev–Trinajstić information content (AvgIpc) is 2.38. The Bertz CT molecular complexity index is 653. The molecule has 2 rings (SSSR count). The molecule has 0 amide bonds. The number of nitrogens with two attached hydrogens (primary N) is 1. The number of aryl methyl sites for hydroxylation is 1. The predicted molar refractivity (Wildman–Crippen MR) is 81.9 cm³/mol. The van der Waals surface area contributed by atoms with Gasteiger partial charge in [-0.3, -0.25) is 5.43 Å². The molecule has 20 heavy (non-hydrogen) atoms. The van der Waals surface area contributed by atoms with Crippen LogP contribution >= 0.6 is 12.2 Å². The van der Waals surface area contributed by atoms with Gasteiger partial charge in [-0.25, -0.2) is 4.98 Å². The average molecular weight is 288 g/mol. The van der Waals surface area contributed by atoms with E-state index in [0.717, 1.165) is 22.3 Å². The van der Waals surface area contributed by atoms with E-state index in [0.29, 0.717) is 0 Å². The van der Waals surface area contributed by atoms with Crippen LogP contribution in [0.2, 0.25) is 0 Å². The van der Waals surface area contributed by atoms with Crippen molar-refractivity contribution in [3.63, 3.8) is 0 Å². The van der Waals surface area contributed by atoms with Crippen molar-refractivity contribution in [2.75, 3.05) is 0 Å². The first-order valence-corrected chi connectivity index (χ1v) is 6.27. The second kappa shape index (κ2) is 6.21. The SMILES string of the molecule is Cc1cc(C=NNC(N)=S)cc(-c2ccc(F)nc2)c1. The van der Waals surface area contributed by atoms with E-state index >= 15 is 0 Å². The van der Waals surface area contributed by atoms with Crippen molar-refractivity contribution in [3.8, 4) is 11.1 Å². The van der Waals surface area contributed by atoms with E-state index in [9.17, 15) is 4.39 Å². The van der Waals surface area contributed by atoms with Gasteiger partial charge >= 0.3 is 0 Å². The highest BCUT2D eigenvalue weighted by molar-refractivity contribution is 7.80. The molecule has 0 aliphatic rings. The van der Waals surface area contributed by atoms with Crippen LogP contribution in [0.15, 0.2) is 41.6 Å². The fourth-order valence-electron chi connectivity index (χ4n) is 1.77. The van der Waals surface area contributed by atoms with E-state index in [2.05, 4.69) is 27.7 Å². The monoisotopic (exact) mass is 288 g/mol. The minimum atomic E-state index is -0.496. The number of nitrogens with zero attached hydrogens (tertiary/aromatic N) is 2. The van der Waals surface area contributed by atoms with Crippen LogP contribution in [0, 0.1) is 12.9 Å². The minimum absolute atomic E-state index is 0.108. The molecule has 102 valence electrons. The number of benzene rings is 1. The van der Waals surface area contributed by atoms with Gasteiger partial charge in [-0.2, -0.15) is 9.49 Å². The standard InChI is InChI=1S/C14H13FN4S/c1-9-4-10(7-18-19-14(16)20)6-12(5-9)11-2-3-13(15)17-8-11/h2-8H,1H3,(H3,16,19,20). The number of hydrogen-bond acceptors (Lipinski definition) is 3. The van der Waals surface area contributed by atoms with Crippen LogP contribution in [0.1, 0.15) is 11.1 Å². The lowest BCUT2D eigenvalue weighted by atomic mass is 10.0. The lowest BCUT2D eigenvalue weighted by Gasteiger charge is -2.05. The number of pyridine rings is 1. The third-order valence-electron chi connectivity index (χ3n) is 2.55. The number of nitrogens with one attached hydrogen (secondary N) is 1. The molecule has 3 N–H and O–H groups in total. The van der Waals surface area contributed by atoms with E-state index in [1.165, 1.54) is 12.3 Å². The first-order valence-electron chi connectivity index (χ1n) is 5.87. The molecule has 0 unspecified atom stereocenters. The van der Waals surface area contributed by atoms with Crippen molar-refractivity contribution < 1.29 is 4.39 Å². The molecular weight excluding hydrogens is 275 g/mol. The molecular formula is C14H13FN4S. The summed E-state index contributed by atoms with van der Waals surface area (Å²) >= 11 is 4.66. The third kappa shape index (κ3) is 3.83. The third-order valence-corrected chi connectivity index (χ3v) is 2.64. The van der Waals surface area contributed by atoms with Gasteiger partial charge in [-0.05, 0) is 54.0 Å². The smallest absolute Gasteiger partial charge is 0.212 e. The summed E-state index contributed by atoms with van der Waals surface area (Å²) in [5, 5.41) is 4.02. The predicted octanol–water partition coefficient (Wildman–Crippen LogP) is 2.36. The summed E-state index contributed by atoms with van der Waals surface area (Å²) in [6.45, 7) is 1.97. The zero-order valence-electron chi connectivity index (χ0n) is 10.8. The second-order valence-corrected chi connectivity index (χ2v) is 4.68. The van der Waals surface area contributed by atoms with Gasteiger partial charge in [0.25, 0.3) is 0 Å². The fraction of sp³-hybridized carbons (Fsp3) is 0.0714. The van der Waals surface area contributed by atoms with E-state index in [-0.39, 0.29) is 5.11 Å². The van der Waals surface area contributed by atoms with Crippen LogP contribution in [-0.4, -0.2) is 16.3 Å². The summed E-state index contributed by atoms with van der Waals surface area (Å²) in [4.78, 5) is 3.65. The Hall–Kier alpha value is -2.34. The van der Waals surface area contributed by atoms with Crippen molar-refractivity contribution in [2.45, 2.75) is 6.92 Å². The number of hydrazone groups is 1. The molecule has 0 bridgehead atoms. The van der Waals surface area contributed by atoms with Crippen molar-refractivity contribution in [3.05, 3.63) is 53.6 Å². The largest absolute Gasteiger partial charge is 0.375 e. The molecule has 0 spiro atoms. The quantitative estimate of drug-likeness (QED) is 0.394. The molecule has 0 aliphatic heterocycles. The minimum Gasteiger partial charge on any atom is -0.375 e. The Balaban J connectivity index is 2.31. The Morgan fingerprint density at radius 2 is 2.15 bits per heavy atom. The molecule has 0 saturated carbocycles. The summed E-state index contributed by atoms with van der Waals surface area (Å²) in [6.07, 6.45) is 3.12. The lowest BCUT2D eigenvalue weighted by molar-refractivity contribution is 0.584. The number of rotatable bonds is 3. The molecule has 1 aromatic heterocycles. The molecule has 0 radical (unpaired) electrons. The van der Waals surface area contributed by atoms with E-state index in [1.807, 2.05) is 25.1 Å². The van der Waals surface area contributed by atoms with Crippen molar-refractivity contribution in [1.82, 2.24) is 10.4 Å². The van der Waals surface area contributed by atoms with Gasteiger partial charge < -0.3 is 5.73 Å². The molecule has 2 aromatic rings. The normalized spacial score (nSPS) is 10.7. The zero-order valence-corrected chi connectivity index (χ0v) is 11.6. The van der Waals surface area contributed by atoms with E-state index in [4.69, 9.17) is 5.73 Å². The van der Waals surface area contributed by atoms with Crippen LogP contribution in [0.25, 0.3) is 11.1 Å². The summed E-state index contributed by atoms with van der Waals surface area (Å²) in [7, 11) is 0. The van der Waals surface area contributed by atoms with Crippen molar-refractivity contribution in [2.24, 2.45) is 10.8 Å². The molecule has 4 nitrogen and oxygen atoms in total. The van der Waals surface area contributed by atoms with Gasteiger partial charge in [0.15, 0.2) is 5.11 Å². The summed E-state index contributed by atoms with van der Waals surface area (Å²) in [5.74, 6) is -0.496. The van der Waals surface area contributed by atoms with Crippen LogP contribution in [0.3, 0.4) is 0 Å². The van der Waals surface area contributed by atoms with E-state index < -0.39 is 5.95 Å². The highest BCUT2D eigenvalue weighted by atomic mass is 32.1. The van der Waals surface area contributed by atoms with Crippen molar-refractivity contribution >= 4 is 23.5 Å². The van der Waals surface area contributed by atoms with Crippen LogP contribution < -0.4 is 11.2 Å². The van der Waals surface area contributed by atoms with E-state index in [1.54, 1.807) is 12.3 Å². The fourth-order valence-corrected chi connectivity index (χ4v) is 1.82. The maximum absolute atomic E-state index is 12.8. The maximum atomic E-state index is 12.8. The van der Waals surface area contributed by atoms with Gasteiger partial charge in [-0.1, -0.05) is 12.1 Å². The Kier molecular flexibility index (Phi) is 4.37. The number of hydrogen-bond donors (Lipinski definition) is 2. The molecule has 1 aromatic carbocycles. The first kappa shape index (κ1) is 14.1. The van der Waals surface area contributed by atoms with Gasteiger partial charge in [0.1, 0.15) is 0 Å². The summed E-state index contributed by atoms with van der Waals surface area (Å²) < 4.78 is 12.8. The highest BCUT2D eigenvalue weighted by Gasteiger charge is 2.02. The number of halogens is 1.